The molecule has 6 heteroatoms. The van der Waals surface area contributed by atoms with Crippen molar-refractivity contribution < 1.29 is 18.4 Å². The highest BCUT2D eigenvalue weighted by atomic mass is 16.3. The van der Waals surface area contributed by atoms with Gasteiger partial charge in [-0.15, -0.1) is 0 Å². The summed E-state index contributed by atoms with van der Waals surface area (Å²) >= 11 is 0. The minimum atomic E-state index is -0.449. The lowest BCUT2D eigenvalue weighted by Gasteiger charge is -2.60. The number of furan rings is 2. The fourth-order valence-electron chi connectivity index (χ4n) is 5.99. The van der Waals surface area contributed by atoms with Gasteiger partial charge in [-0.2, -0.15) is 0 Å². The predicted octanol–water partition coefficient (Wildman–Crippen LogP) is 4.04. The van der Waals surface area contributed by atoms with Gasteiger partial charge in [-0.25, -0.2) is 0 Å². The van der Waals surface area contributed by atoms with Crippen LogP contribution in [0.2, 0.25) is 0 Å². The third-order valence-corrected chi connectivity index (χ3v) is 6.58. The van der Waals surface area contributed by atoms with Gasteiger partial charge in [0.15, 0.2) is 0 Å². The molecule has 4 saturated carbocycles. The molecule has 136 valence electrons. The zero-order valence-electron chi connectivity index (χ0n) is 14.5. The molecule has 2 aromatic heterocycles. The normalized spacial score (nSPS) is 34.6. The summed E-state index contributed by atoms with van der Waals surface area (Å²) in [5.74, 6) is 0.963. The summed E-state index contributed by atoms with van der Waals surface area (Å²) in [6.07, 6.45) is 11.5. The monoisotopic (exact) mass is 354 g/mol. The number of carbonyl (C=O) groups is 2. The Morgan fingerprint density at radius 2 is 1.31 bits per heavy atom. The summed E-state index contributed by atoms with van der Waals surface area (Å²) < 4.78 is 10.1. The lowest BCUT2D eigenvalue weighted by atomic mass is 9.43. The van der Waals surface area contributed by atoms with Crippen molar-refractivity contribution >= 4 is 23.2 Å². The molecule has 6 rings (SSSR count). The average Bonchev–Trinajstić information content (AvgIpc) is 3.27. The number of nitrogens with one attached hydrogen (secondary N) is 2. The molecular formula is C20H22N2O4. The highest BCUT2D eigenvalue weighted by molar-refractivity contribution is 5.99. The fourth-order valence-corrected chi connectivity index (χ4v) is 5.99. The van der Waals surface area contributed by atoms with Gasteiger partial charge in [-0.1, -0.05) is 0 Å². The number of anilines is 2. The molecule has 26 heavy (non-hydrogen) atoms. The number of amides is 2. The van der Waals surface area contributed by atoms with Crippen LogP contribution in [-0.2, 0) is 9.59 Å². The molecule has 0 aliphatic heterocycles. The maximum Gasteiger partial charge on any atom is 0.230 e. The van der Waals surface area contributed by atoms with Crippen molar-refractivity contribution in [1.82, 2.24) is 0 Å². The molecule has 2 aromatic rings. The molecule has 4 bridgehead atoms. The minimum absolute atomic E-state index is 0.0356. The minimum Gasteiger partial charge on any atom is -0.470 e. The van der Waals surface area contributed by atoms with Crippen molar-refractivity contribution in [3.8, 4) is 0 Å². The average molecular weight is 354 g/mol. The molecule has 4 aliphatic carbocycles. The second-order valence-corrected chi connectivity index (χ2v) is 8.45. The molecule has 2 heterocycles. The Morgan fingerprint density at radius 1 is 0.846 bits per heavy atom. The molecule has 6 nitrogen and oxygen atoms in total. The third-order valence-electron chi connectivity index (χ3n) is 6.58. The highest BCUT2D eigenvalue weighted by Gasteiger charge is 2.63. The maximum atomic E-state index is 13.1. The van der Waals surface area contributed by atoms with Crippen molar-refractivity contribution in [3.05, 3.63) is 37.2 Å². The van der Waals surface area contributed by atoms with Gasteiger partial charge < -0.3 is 19.5 Å². The van der Waals surface area contributed by atoms with Crippen LogP contribution in [0.5, 0.6) is 0 Å². The first kappa shape index (κ1) is 15.7. The summed E-state index contributed by atoms with van der Waals surface area (Å²) in [6, 6.07) is 3.50. The summed E-state index contributed by atoms with van der Waals surface area (Å²) in [4.78, 5) is 26.3. The van der Waals surface area contributed by atoms with Crippen LogP contribution in [-0.4, -0.2) is 11.8 Å². The van der Waals surface area contributed by atoms with E-state index in [0.29, 0.717) is 29.6 Å². The van der Waals surface area contributed by atoms with Crippen LogP contribution < -0.4 is 10.6 Å². The van der Waals surface area contributed by atoms with E-state index in [1.165, 1.54) is 0 Å². The topological polar surface area (TPSA) is 84.5 Å². The standard InChI is InChI=1S/C20H22N2O4/c23-17(21-15-1-3-25-10-15)19-6-13-5-14(7-19)9-20(8-13,12-19)18(24)22-16-2-4-26-11-16/h1-4,10-11,13-14H,5-9,12H2,(H,21,23)(H,22,24). The Balaban J connectivity index is 1.42. The molecule has 2 N–H and O–H groups in total. The second-order valence-electron chi connectivity index (χ2n) is 8.45. The van der Waals surface area contributed by atoms with E-state index in [9.17, 15) is 9.59 Å². The largest absolute Gasteiger partial charge is 0.470 e. The molecule has 0 aromatic carbocycles. The van der Waals surface area contributed by atoms with Crippen LogP contribution in [0.1, 0.15) is 38.5 Å². The second kappa shape index (κ2) is 5.50. The summed E-state index contributed by atoms with van der Waals surface area (Å²) in [5, 5.41) is 6.00. The van der Waals surface area contributed by atoms with Crippen molar-refractivity contribution in [2.75, 3.05) is 10.6 Å². The van der Waals surface area contributed by atoms with Crippen molar-refractivity contribution in [1.29, 1.82) is 0 Å². The van der Waals surface area contributed by atoms with Gasteiger partial charge in [0, 0.05) is 0 Å². The zero-order chi connectivity index (χ0) is 17.8. The predicted molar refractivity (Wildman–Crippen MR) is 94.2 cm³/mol. The zero-order valence-corrected chi connectivity index (χ0v) is 14.5. The van der Waals surface area contributed by atoms with Crippen LogP contribution in [0.25, 0.3) is 0 Å². The SMILES string of the molecule is O=C(Nc1ccoc1)C12CC3CC(C1)CC(C(=O)Nc1ccoc1)(C3)C2. The Labute approximate surface area is 151 Å². The smallest absolute Gasteiger partial charge is 0.230 e. The lowest BCUT2D eigenvalue weighted by molar-refractivity contribution is -0.161. The molecular weight excluding hydrogens is 332 g/mol. The summed E-state index contributed by atoms with van der Waals surface area (Å²) in [7, 11) is 0. The first-order chi connectivity index (χ1) is 12.6. The Bertz CT molecular complexity index is 744. The highest BCUT2D eigenvalue weighted by Crippen LogP contribution is 2.65. The van der Waals surface area contributed by atoms with E-state index in [2.05, 4.69) is 10.6 Å². The Morgan fingerprint density at radius 3 is 1.69 bits per heavy atom. The number of hydrogen-bond donors (Lipinski definition) is 2. The van der Waals surface area contributed by atoms with Crippen LogP contribution in [0.4, 0.5) is 11.4 Å². The molecule has 0 unspecified atom stereocenters. The molecule has 0 radical (unpaired) electrons. The van der Waals surface area contributed by atoms with E-state index in [4.69, 9.17) is 8.83 Å². The van der Waals surface area contributed by atoms with Gasteiger partial charge in [-0.05, 0) is 62.5 Å². The summed E-state index contributed by atoms with van der Waals surface area (Å²) in [5.41, 5.74) is 0.467. The van der Waals surface area contributed by atoms with E-state index in [-0.39, 0.29) is 11.8 Å². The number of rotatable bonds is 4. The first-order valence-corrected chi connectivity index (χ1v) is 9.24. The Hall–Kier alpha value is -2.50. The number of carbonyl (C=O) groups excluding carboxylic acids is 2. The summed E-state index contributed by atoms with van der Waals surface area (Å²) in [6.45, 7) is 0. The van der Waals surface area contributed by atoms with E-state index in [1.54, 1.807) is 37.2 Å². The first-order valence-electron chi connectivity index (χ1n) is 9.24. The van der Waals surface area contributed by atoms with Gasteiger partial charge in [0.05, 0.1) is 34.7 Å². The molecule has 0 atom stereocenters. The van der Waals surface area contributed by atoms with Gasteiger partial charge >= 0.3 is 0 Å². The fraction of sp³-hybridized carbons (Fsp3) is 0.500. The third kappa shape index (κ3) is 2.39. The van der Waals surface area contributed by atoms with Crippen LogP contribution >= 0.6 is 0 Å². The van der Waals surface area contributed by atoms with E-state index in [0.717, 1.165) is 32.1 Å². The molecule has 0 spiro atoms. The van der Waals surface area contributed by atoms with Crippen LogP contribution in [0, 0.1) is 22.7 Å². The maximum absolute atomic E-state index is 13.1. The van der Waals surface area contributed by atoms with Crippen LogP contribution in [0.3, 0.4) is 0 Å². The van der Waals surface area contributed by atoms with Gasteiger partial charge in [0.1, 0.15) is 12.5 Å². The number of hydrogen-bond acceptors (Lipinski definition) is 4. The molecule has 4 fully saturated rings. The van der Waals surface area contributed by atoms with Gasteiger partial charge in [0.25, 0.3) is 0 Å². The van der Waals surface area contributed by atoms with Gasteiger partial charge in [-0.3, -0.25) is 9.59 Å². The lowest BCUT2D eigenvalue weighted by Crippen LogP contribution is -2.59. The van der Waals surface area contributed by atoms with Crippen molar-refractivity contribution in [2.45, 2.75) is 38.5 Å². The molecule has 2 amide bonds. The van der Waals surface area contributed by atoms with E-state index >= 15 is 0 Å². The Kier molecular flexibility index (Phi) is 3.33. The van der Waals surface area contributed by atoms with Crippen molar-refractivity contribution in [2.24, 2.45) is 22.7 Å². The van der Waals surface area contributed by atoms with Crippen LogP contribution in [0.15, 0.2) is 46.0 Å². The molecule has 0 saturated heterocycles. The van der Waals surface area contributed by atoms with Gasteiger partial charge in [0.2, 0.25) is 11.8 Å². The quantitative estimate of drug-likeness (QED) is 0.868. The van der Waals surface area contributed by atoms with E-state index in [1.807, 2.05) is 0 Å². The molecule has 4 aliphatic rings. The van der Waals surface area contributed by atoms with E-state index < -0.39 is 10.8 Å². The van der Waals surface area contributed by atoms with Crippen molar-refractivity contribution in [3.63, 3.8) is 0 Å².